The SMILES string of the molecule is CC(Oc1c(Br)cccc1C=O)C(=O)N1CCCCC1. The highest BCUT2D eigenvalue weighted by Gasteiger charge is 2.24. The van der Waals surface area contributed by atoms with E-state index in [0.717, 1.165) is 32.2 Å². The summed E-state index contributed by atoms with van der Waals surface area (Å²) in [6, 6.07) is 5.23. The minimum absolute atomic E-state index is 0.0164. The van der Waals surface area contributed by atoms with Crippen LogP contribution in [0.15, 0.2) is 22.7 Å². The monoisotopic (exact) mass is 339 g/mol. The van der Waals surface area contributed by atoms with Crippen molar-refractivity contribution in [3.63, 3.8) is 0 Å². The van der Waals surface area contributed by atoms with Crippen molar-refractivity contribution in [2.45, 2.75) is 32.3 Å². The second-order valence-corrected chi connectivity index (χ2v) is 5.78. The molecule has 1 unspecified atom stereocenters. The van der Waals surface area contributed by atoms with Crippen LogP contribution in [0.5, 0.6) is 5.75 Å². The number of hydrogen-bond acceptors (Lipinski definition) is 3. The standard InChI is InChI=1S/C15H18BrNO3/c1-11(15(19)17-8-3-2-4-9-17)20-14-12(10-18)6-5-7-13(14)16/h5-7,10-11H,2-4,8-9H2,1H3. The van der Waals surface area contributed by atoms with Crippen LogP contribution in [-0.4, -0.2) is 36.3 Å². The highest BCUT2D eigenvalue weighted by molar-refractivity contribution is 9.10. The van der Waals surface area contributed by atoms with Gasteiger partial charge in [0.2, 0.25) is 0 Å². The third kappa shape index (κ3) is 3.39. The third-order valence-electron chi connectivity index (χ3n) is 3.43. The fraction of sp³-hybridized carbons (Fsp3) is 0.467. The van der Waals surface area contributed by atoms with Crippen LogP contribution in [0.1, 0.15) is 36.5 Å². The van der Waals surface area contributed by atoms with Gasteiger partial charge in [-0.15, -0.1) is 0 Å². The van der Waals surface area contributed by atoms with Crippen molar-refractivity contribution in [3.8, 4) is 5.75 Å². The van der Waals surface area contributed by atoms with E-state index >= 15 is 0 Å². The van der Waals surface area contributed by atoms with Gasteiger partial charge in [0.1, 0.15) is 5.75 Å². The quantitative estimate of drug-likeness (QED) is 0.792. The molecular formula is C15H18BrNO3. The van der Waals surface area contributed by atoms with Crippen LogP contribution in [0.2, 0.25) is 0 Å². The number of piperidine rings is 1. The summed E-state index contributed by atoms with van der Waals surface area (Å²) in [5.74, 6) is 0.415. The molecule has 0 radical (unpaired) electrons. The lowest BCUT2D eigenvalue weighted by Crippen LogP contribution is -2.43. The van der Waals surface area contributed by atoms with Gasteiger partial charge in [-0.25, -0.2) is 0 Å². The van der Waals surface area contributed by atoms with Gasteiger partial charge < -0.3 is 9.64 Å². The molecule has 5 heteroatoms. The fourth-order valence-electron chi connectivity index (χ4n) is 2.34. The molecule has 1 aromatic rings. The number of aldehydes is 1. The molecule has 1 aliphatic rings. The molecule has 4 nitrogen and oxygen atoms in total. The van der Waals surface area contributed by atoms with Gasteiger partial charge in [0, 0.05) is 13.1 Å². The molecule has 0 N–H and O–H groups in total. The van der Waals surface area contributed by atoms with Gasteiger partial charge in [-0.2, -0.15) is 0 Å². The molecule has 2 rings (SSSR count). The van der Waals surface area contributed by atoms with Crippen molar-refractivity contribution in [2.75, 3.05) is 13.1 Å². The van der Waals surface area contributed by atoms with Gasteiger partial charge in [-0.1, -0.05) is 6.07 Å². The van der Waals surface area contributed by atoms with Gasteiger partial charge in [0.05, 0.1) is 10.0 Å². The molecule has 1 aromatic carbocycles. The summed E-state index contributed by atoms with van der Waals surface area (Å²) in [5, 5.41) is 0. The van der Waals surface area contributed by atoms with Crippen molar-refractivity contribution in [1.82, 2.24) is 4.90 Å². The van der Waals surface area contributed by atoms with E-state index in [4.69, 9.17) is 4.74 Å². The van der Waals surface area contributed by atoms with Gasteiger partial charge in [-0.3, -0.25) is 9.59 Å². The van der Waals surface area contributed by atoms with Crippen LogP contribution < -0.4 is 4.74 Å². The summed E-state index contributed by atoms with van der Waals surface area (Å²) in [4.78, 5) is 25.2. The first kappa shape index (κ1) is 15.0. The van der Waals surface area contributed by atoms with Crippen molar-refractivity contribution >= 4 is 28.1 Å². The fourth-order valence-corrected chi connectivity index (χ4v) is 2.82. The van der Waals surface area contributed by atoms with Gasteiger partial charge >= 0.3 is 0 Å². The molecule has 1 saturated heterocycles. The molecule has 0 bridgehead atoms. The number of amides is 1. The van der Waals surface area contributed by atoms with Crippen LogP contribution in [0.25, 0.3) is 0 Å². The zero-order valence-electron chi connectivity index (χ0n) is 11.5. The van der Waals surface area contributed by atoms with Gasteiger partial charge in [0.25, 0.3) is 5.91 Å². The second kappa shape index (κ2) is 6.88. The Kier molecular flexibility index (Phi) is 5.17. The number of rotatable bonds is 4. The van der Waals surface area contributed by atoms with Crippen molar-refractivity contribution < 1.29 is 14.3 Å². The summed E-state index contributed by atoms with van der Waals surface area (Å²) in [6.07, 6.45) is 3.42. The molecule has 1 heterocycles. The number of para-hydroxylation sites is 1. The molecular weight excluding hydrogens is 322 g/mol. The third-order valence-corrected chi connectivity index (χ3v) is 4.06. The van der Waals surface area contributed by atoms with Gasteiger partial charge in [0.15, 0.2) is 12.4 Å². The maximum atomic E-state index is 12.3. The van der Waals surface area contributed by atoms with Crippen LogP contribution in [-0.2, 0) is 4.79 Å². The first-order valence-corrected chi connectivity index (χ1v) is 7.62. The summed E-state index contributed by atoms with van der Waals surface area (Å²) in [6.45, 7) is 3.32. The van der Waals surface area contributed by atoms with E-state index in [2.05, 4.69) is 15.9 Å². The van der Waals surface area contributed by atoms with Crippen molar-refractivity contribution in [3.05, 3.63) is 28.2 Å². The number of benzene rings is 1. The Morgan fingerprint density at radius 2 is 2.05 bits per heavy atom. The summed E-state index contributed by atoms with van der Waals surface area (Å²) < 4.78 is 6.39. The van der Waals surface area contributed by atoms with E-state index in [0.29, 0.717) is 15.8 Å². The van der Waals surface area contributed by atoms with Crippen LogP contribution in [0.4, 0.5) is 0 Å². The maximum Gasteiger partial charge on any atom is 0.263 e. The lowest BCUT2D eigenvalue weighted by Gasteiger charge is -2.29. The zero-order valence-corrected chi connectivity index (χ0v) is 13.1. The van der Waals surface area contributed by atoms with Crippen LogP contribution >= 0.6 is 15.9 Å². The Morgan fingerprint density at radius 3 is 2.70 bits per heavy atom. The van der Waals surface area contributed by atoms with E-state index in [1.807, 2.05) is 4.90 Å². The van der Waals surface area contributed by atoms with Crippen LogP contribution in [0.3, 0.4) is 0 Å². The molecule has 0 spiro atoms. The smallest absolute Gasteiger partial charge is 0.263 e. The largest absolute Gasteiger partial charge is 0.479 e. The van der Waals surface area contributed by atoms with Crippen LogP contribution in [0, 0.1) is 0 Å². The molecule has 20 heavy (non-hydrogen) atoms. The minimum atomic E-state index is -0.592. The minimum Gasteiger partial charge on any atom is -0.479 e. The number of nitrogens with zero attached hydrogens (tertiary/aromatic N) is 1. The first-order chi connectivity index (χ1) is 9.63. The summed E-state index contributed by atoms with van der Waals surface area (Å²) in [5.41, 5.74) is 0.442. The van der Waals surface area contributed by atoms with Crippen molar-refractivity contribution in [1.29, 1.82) is 0 Å². The van der Waals surface area contributed by atoms with E-state index < -0.39 is 6.10 Å². The number of carbonyl (C=O) groups is 2. The number of carbonyl (C=O) groups excluding carboxylic acids is 2. The molecule has 0 aliphatic carbocycles. The van der Waals surface area contributed by atoms with E-state index in [1.54, 1.807) is 25.1 Å². The first-order valence-electron chi connectivity index (χ1n) is 6.82. The molecule has 0 saturated carbocycles. The summed E-state index contributed by atoms with van der Waals surface area (Å²) in [7, 11) is 0. The lowest BCUT2D eigenvalue weighted by molar-refractivity contribution is -0.138. The Hall–Kier alpha value is -1.36. The van der Waals surface area contributed by atoms with Gasteiger partial charge in [-0.05, 0) is 54.2 Å². The predicted molar refractivity (Wildman–Crippen MR) is 80.1 cm³/mol. The summed E-state index contributed by atoms with van der Waals surface area (Å²) >= 11 is 3.35. The lowest BCUT2D eigenvalue weighted by atomic mass is 10.1. The Bertz CT molecular complexity index is 498. The number of likely N-dealkylation sites (tertiary alicyclic amines) is 1. The molecule has 0 aromatic heterocycles. The molecule has 1 aliphatic heterocycles. The Balaban J connectivity index is 2.09. The van der Waals surface area contributed by atoms with E-state index in [1.165, 1.54) is 6.42 Å². The molecule has 1 fully saturated rings. The maximum absolute atomic E-state index is 12.3. The van der Waals surface area contributed by atoms with E-state index in [-0.39, 0.29) is 5.91 Å². The van der Waals surface area contributed by atoms with Crippen molar-refractivity contribution in [2.24, 2.45) is 0 Å². The average molecular weight is 340 g/mol. The zero-order chi connectivity index (χ0) is 14.5. The number of halogens is 1. The number of hydrogen-bond donors (Lipinski definition) is 0. The predicted octanol–water partition coefficient (Wildman–Crippen LogP) is 3.04. The Morgan fingerprint density at radius 1 is 1.35 bits per heavy atom. The average Bonchev–Trinajstić information content (AvgIpc) is 2.49. The number of ether oxygens (including phenoxy) is 1. The second-order valence-electron chi connectivity index (χ2n) is 4.92. The topological polar surface area (TPSA) is 46.6 Å². The molecule has 1 amide bonds. The molecule has 108 valence electrons. The Labute approximate surface area is 127 Å². The normalized spacial score (nSPS) is 16.6. The highest BCUT2D eigenvalue weighted by atomic mass is 79.9. The highest BCUT2D eigenvalue weighted by Crippen LogP contribution is 2.29. The molecule has 1 atom stereocenters. The van der Waals surface area contributed by atoms with E-state index in [9.17, 15) is 9.59 Å².